The standard InChI is InChI=1S/C20H18F3N3O2/c21-20(22,23)28-17-3-1-2-13(9-17)10-19(27)26-18-5-4-14(12-25-18)6-15-7-16(8-15)11-24/h1-5,9,12,15-16H,6-8,10H2,(H,25,26,27). The van der Waals surface area contributed by atoms with Crippen LogP contribution in [0.2, 0.25) is 0 Å². The van der Waals surface area contributed by atoms with Crippen LogP contribution in [0.25, 0.3) is 0 Å². The van der Waals surface area contributed by atoms with Gasteiger partial charge >= 0.3 is 6.36 Å². The number of amides is 1. The number of halogens is 3. The fraction of sp³-hybridized carbons (Fsp3) is 0.350. The number of ether oxygens (including phenoxy) is 1. The van der Waals surface area contributed by atoms with Crippen molar-refractivity contribution in [3.63, 3.8) is 0 Å². The third-order valence-electron chi connectivity index (χ3n) is 4.53. The molecule has 8 heteroatoms. The van der Waals surface area contributed by atoms with Crippen molar-refractivity contribution >= 4 is 11.7 Å². The molecule has 1 aliphatic rings. The van der Waals surface area contributed by atoms with Crippen molar-refractivity contribution in [1.82, 2.24) is 4.98 Å². The number of hydrogen-bond acceptors (Lipinski definition) is 4. The fourth-order valence-electron chi connectivity index (χ4n) is 3.19. The smallest absolute Gasteiger partial charge is 0.406 e. The molecule has 1 amide bonds. The van der Waals surface area contributed by atoms with Crippen LogP contribution in [0.1, 0.15) is 24.0 Å². The zero-order valence-corrected chi connectivity index (χ0v) is 14.9. The number of aromatic nitrogens is 1. The Morgan fingerprint density at radius 2 is 2.04 bits per heavy atom. The topological polar surface area (TPSA) is 75.0 Å². The number of alkyl halides is 3. The molecule has 28 heavy (non-hydrogen) atoms. The maximum Gasteiger partial charge on any atom is 0.573 e. The molecule has 1 N–H and O–H groups in total. The van der Waals surface area contributed by atoms with Crippen LogP contribution in [0, 0.1) is 23.2 Å². The Hall–Kier alpha value is -3.08. The molecular weight excluding hydrogens is 371 g/mol. The number of nitriles is 1. The van der Waals surface area contributed by atoms with Gasteiger partial charge in [-0.25, -0.2) is 4.98 Å². The number of anilines is 1. The van der Waals surface area contributed by atoms with Gasteiger partial charge in [-0.2, -0.15) is 5.26 Å². The van der Waals surface area contributed by atoms with Crippen LogP contribution in [0.15, 0.2) is 42.6 Å². The van der Waals surface area contributed by atoms with Crippen LogP contribution in [0.3, 0.4) is 0 Å². The summed E-state index contributed by atoms with van der Waals surface area (Å²) in [5.74, 6) is 0.282. The zero-order valence-electron chi connectivity index (χ0n) is 14.9. The summed E-state index contributed by atoms with van der Waals surface area (Å²) in [6, 6.07) is 11.1. The molecule has 0 radical (unpaired) electrons. The quantitative estimate of drug-likeness (QED) is 0.801. The van der Waals surface area contributed by atoms with Crippen LogP contribution in [-0.2, 0) is 17.6 Å². The van der Waals surface area contributed by atoms with Crippen molar-refractivity contribution < 1.29 is 22.7 Å². The molecule has 1 saturated carbocycles. The summed E-state index contributed by atoms with van der Waals surface area (Å²) in [5, 5.41) is 11.4. The normalized spacial score (nSPS) is 18.6. The van der Waals surface area contributed by atoms with Gasteiger partial charge in [0.05, 0.1) is 12.5 Å². The van der Waals surface area contributed by atoms with Gasteiger partial charge in [-0.15, -0.1) is 13.2 Å². The van der Waals surface area contributed by atoms with Gasteiger partial charge < -0.3 is 10.1 Å². The molecule has 1 aliphatic carbocycles. The average molecular weight is 389 g/mol. The van der Waals surface area contributed by atoms with E-state index in [-0.39, 0.29) is 24.0 Å². The summed E-state index contributed by atoms with van der Waals surface area (Å²) in [4.78, 5) is 16.3. The third-order valence-corrected chi connectivity index (χ3v) is 4.53. The van der Waals surface area contributed by atoms with Crippen LogP contribution >= 0.6 is 0 Å². The Bertz CT molecular complexity index is 870. The molecule has 0 unspecified atom stereocenters. The lowest BCUT2D eigenvalue weighted by molar-refractivity contribution is -0.274. The summed E-state index contributed by atoms with van der Waals surface area (Å²) in [6.45, 7) is 0. The second-order valence-electron chi connectivity index (χ2n) is 6.84. The molecule has 0 aliphatic heterocycles. The number of carbonyl (C=O) groups is 1. The summed E-state index contributed by atoms with van der Waals surface area (Å²) < 4.78 is 40.7. The van der Waals surface area contributed by atoms with Crippen molar-refractivity contribution in [2.24, 2.45) is 11.8 Å². The third kappa shape index (κ3) is 5.71. The van der Waals surface area contributed by atoms with Gasteiger partial charge in [0, 0.05) is 12.1 Å². The summed E-state index contributed by atoms with van der Waals surface area (Å²) >= 11 is 0. The maximum atomic E-state index is 12.3. The van der Waals surface area contributed by atoms with E-state index in [1.807, 2.05) is 6.07 Å². The lowest BCUT2D eigenvalue weighted by atomic mass is 9.73. The highest BCUT2D eigenvalue weighted by molar-refractivity contribution is 5.91. The number of rotatable bonds is 6. The van der Waals surface area contributed by atoms with E-state index < -0.39 is 6.36 Å². The van der Waals surface area contributed by atoms with Gasteiger partial charge in [-0.05, 0) is 54.5 Å². The number of nitrogens with zero attached hydrogens (tertiary/aromatic N) is 2. The van der Waals surface area contributed by atoms with Gasteiger partial charge in [-0.3, -0.25) is 4.79 Å². The van der Waals surface area contributed by atoms with E-state index in [0.29, 0.717) is 17.3 Å². The van der Waals surface area contributed by atoms with E-state index in [0.717, 1.165) is 24.8 Å². The SMILES string of the molecule is N#CC1CC(Cc2ccc(NC(=O)Cc3cccc(OC(F)(F)F)c3)nc2)C1. The van der Waals surface area contributed by atoms with Gasteiger partial charge in [0.15, 0.2) is 0 Å². The highest BCUT2D eigenvalue weighted by Gasteiger charge is 2.31. The highest BCUT2D eigenvalue weighted by atomic mass is 19.4. The van der Waals surface area contributed by atoms with E-state index in [9.17, 15) is 18.0 Å². The molecule has 1 heterocycles. The number of nitrogens with one attached hydrogen (secondary N) is 1. The van der Waals surface area contributed by atoms with E-state index in [2.05, 4.69) is 21.1 Å². The first-order chi connectivity index (χ1) is 13.3. The Balaban J connectivity index is 1.51. The minimum Gasteiger partial charge on any atom is -0.406 e. The van der Waals surface area contributed by atoms with Crippen molar-refractivity contribution in [2.45, 2.75) is 32.0 Å². The first-order valence-corrected chi connectivity index (χ1v) is 8.80. The van der Waals surface area contributed by atoms with Crippen LogP contribution < -0.4 is 10.1 Å². The molecule has 0 bridgehead atoms. The molecule has 1 aromatic heterocycles. The lowest BCUT2D eigenvalue weighted by Crippen LogP contribution is -2.24. The van der Waals surface area contributed by atoms with E-state index in [1.165, 1.54) is 18.2 Å². The molecule has 146 valence electrons. The summed E-state index contributed by atoms with van der Waals surface area (Å²) in [7, 11) is 0. The van der Waals surface area contributed by atoms with Crippen molar-refractivity contribution in [2.75, 3.05) is 5.32 Å². The fourth-order valence-corrected chi connectivity index (χ4v) is 3.19. The summed E-state index contributed by atoms with van der Waals surface area (Å²) in [5.41, 5.74) is 1.43. The van der Waals surface area contributed by atoms with Crippen LogP contribution in [-0.4, -0.2) is 17.3 Å². The molecule has 0 atom stereocenters. The van der Waals surface area contributed by atoms with Gasteiger partial charge in [0.2, 0.25) is 5.91 Å². The molecule has 2 aromatic rings. The predicted molar refractivity (Wildman–Crippen MR) is 95.2 cm³/mol. The molecule has 5 nitrogen and oxygen atoms in total. The number of pyridine rings is 1. The lowest BCUT2D eigenvalue weighted by Gasteiger charge is -2.30. The minimum absolute atomic E-state index is 0.101. The van der Waals surface area contributed by atoms with Gasteiger partial charge in [-0.1, -0.05) is 18.2 Å². The van der Waals surface area contributed by atoms with E-state index in [1.54, 1.807) is 18.3 Å². The predicted octanol–water partition coefficient (Wildman–Crippen LogP) is 4.25. The Kier molecular flexibility index (Phi) is 5.83. The van der Waals surface area contributed by atoms with Crippen LogP contribution in [0.4, 0.5) is 19.0 Å². The average Bonchev–Trinajstić information content (AvgIpc) is 2.58. The van der Waals surface area contributed by atoms with Gasteiger partial charge in [0.25, 0.3) is 0 Å². The van der Waals surface area contributed by atoms with Gasteiger partial charge in [0.1, 0.15) is 11.6 Å². The number of benzene rings is 1. The Morgan fingerprint density at radius 3 is 2.68 bits per heavy atom. The van der Waals surface area contributed by atoms with Crippen molar-refractivity contribution in [1.29, 1.82) is 5.26 Å². The number of hydrogen-bond donors (Lipinski definition) is 1. The molecule has 1 aromatic carbocycles. The second kappa shape index (κ2) is 8.30. The first-order valence-electron chi connectivity index (χ1n) is 8.80. The first kappa shape index (κ1) is 19.7. The van der Waals surface area contributed by atoms with Crippen molar-refractivity contribution in [3.8, 4) is 11.8 Å². The molecule has 0 saturated heterocycles. The molecule has 1 fully saturated rings. The highest BCUT2D eigenvalue weighted by Crippen LogP contribution is 2.35. The molecule has 3 rings (SSSR count). The van der Waals surface area contributed by atoms with Crippen molar-refractivity contribution in [3.05, 3.63) is 53.7 Å². The maximum absolute atomic E-state index is 12.3. The largest absolute Gasteiger partial charge is 0.573 e. The minimum atomic E-state index is -4.78. The van der Waals surface area contributed by atoms with E-state index in [4.69, 9.17) is 5.26 Å². The molecular formula is C20H18F3N3O2. The monoisotopic (exact) mass is 389 g/mol. The van der Waals surface area contributed by atoms with Crippen LogP contribution in [0.5, 0.6) is 5.75 Å². The summed E-state index contributed by atoms with van der Waals surface area (Å²) in [6.07, 6.45) is -0.519. The molecule has 0 spiro atoms. The second-order valence-corrected chi connectivity index (χ2v) is 6.84. The number of carbonyl (C=O) groups excluding carboxylic acids is 1. The Morgan fingerprint density at radius 1 is 1.25 bits per heavy atom. The zero-order chi connectivity index (χ0) is 20.1. The van der Waals surface area contributed by atoms with E-state index >= 15 is 0 Å². The Labute approximate surface area is 160 Å².